The highest BCUT2D eigenvalue weighted by atomic mass is 79.9. The van der Waals surface area contributed by atoms with E-state index in [0.29, 0.717) is 10.2 Å². The van der Waals surface area contributed by atoms with Gasteiger partial charge in [0.25, 0.3) is 5.91 Å². The first-order valence-electron chi connectivity index (χ1n) is 10.8. The van der Waals surface area contributed by atoms with Gasteiger partial charge in [0, 0.05) is 28.2 Å². The summed E-state index contributed by atoms with van der Waals surface area (Å²) in [5, 5.41) is 11.7. The molecule has 0 aliphatic heterocycles. The third-order valence-electron chi connectivity index (χ3n) is 5.73. The molecule has 8 heteroatoms. The van der Waals surface area contributed by atoms with Gasteiger partial charge in [-0.25, -0.2) is 4.79 Å². The third kappa shape index (κ3) is 4.97. The molecule has 0 unspecified atom stereocenters. The lowest BCUT2D eigenvalue weighted by molar-refractivity contribution is -0.137. The van der Waals surface area contributed by atoms with Crippen molar-refractivity contribution in [2.24, 2.45) is 0 Å². The minimum absolute atomic E-state index is 0.0630. The van der Waals surface area contributed by atoms with Crippen molar-refractivity contribution in [1.82, 2.24) is 4.90 Å². The maximum Gasteiger partial charge on any atom is 0.411 e. The smallest absolute Gasteiger partial charge is 0.411 e. The Bertz CT molecular complexity index is 1210. The molecule has 0 saturated carbocycles. The number of hydrogen-bond donors (Lipinski definition) is 2. The van der Waals surface area contributed by atoms with E-state index in [1.165, 1.54) is 11.0 Å². The predicted molar refractivity (Wildman–Crippen MR) is 132 cm³/mol. The molecular weight excluding hydrogens is 500 g/mol. The molecule has 4 rings (SSSR count). The number of halogens is 1. The van der Waals surface area contributed by atoms with Gasteiger partial charge < -0.3 is 14.7 Å². The van der Waals surface area contributed by atoms with Gasteiger partial charge in [0.1, 0.15) is 13.2 Å². The van der Waals surface area contributed by atoms with E-state index in [4.69, 9.17) is 9.84 Å². The van der Waals surface area contributed by atoms with Crippen molar-refractivity contribution in [2.45, 2.75) is 12.8 Å². The average molecular weight is 523 g/mol. The number of aliphatic carboxylic acids is 1. The minimum Gasteiger partial charge on any atom is -0.480 e. The number of ether oxygens (including phenoxy) is 1. The number of nitrogens with zero attached hydrogens (tertiary/aromatic N) is 1. The molecule has 0 spiro atoms. The molecule has 34 heavy (non-hydrogen) atoms. The van der Waals surface area contributed by atoms with Crippen LogP contribution >= 0.6 is 15.9 Å². The largest absolute Gasteiger partial charge is 0.480 e. The molecule has 7 nitrogen and oxygen atoms in total. The number of anilines is 1. The Morgan fingerprint density at radius 1 is 1.00 bits per heavy atom. The zero-order valence-corrected chi connectivity index (χ0v) is 20.0. The fourth-order valence-corrected chi connectivity index (χ4v) is 4.70. The molecule has 2 N–H and O–H groups in total. The predicted octanol–water partition coefficient (Wildman–Crippen LogP) is 5.36. The van der Waals surface area contributed by atoms with E-state index in [9.17, 15) is 14.4 Å². The van der Waals surface area contributed by atoms with Crippen LogP contribution in [0.3, 0.4) is 0 Å². The Morgan fingerprint density at radius 3 is 2.21 bits per heavy atom. The monoisotopic (exact) mass is 522 g/mol. The number of benzene rings is 3. The van der Waals surface area contributed by atoms with E-state index in [0.717, 1.165) is 22.3 Å². The fraction of sp³-hybridized carbons (Fsp3) is 0.192. The van der Waals surface area contributed by atoms with Crippen molar-refractivity contribution in [3.05, 3.63) is 87.9 Å². The Kier molecular flexibility index (Phi) is 6.98. The van der Waals surface area contributed by atoms with Crippen LogP contribution in [-0.2, 0) is 9.53 Å². The highest BCUT2D eigenvalue weighted by molar-refractivity contribution is 9.10. The van der Waals surface area contributed by atoms with Gasteiger partial charge in [-0.1, -0.05) is 64.5 Å². The summed E-state index contributed by atoms with van der Waals surface area (Å²) in [5.74, 6) is -1.60. The number of rotatable bonds is 7. The van der Waals surface area contributed by atoms with Crippen LogP contribution in [0, 0.1) is 0 Å². The van der Waals surface area contributed by atoms with E-state index in [-0.39, 0.29) is 24.6 Å². The average Bonchev–Trinajstić information content (AvgIpc) is 3.14. The van der Waals surface area contributed by atoms with E-state index >= 15 is 0 Å². The first-order valence-corrected chi connectivity index (χ1v) is 11.6. The second-order valence-corrected chi connectivity index (χ2v) is 8.81. The molecule has 174 valence electrons. The standard InChI is InChI=1S/C26H23BrN2O5/c1-2-29(14-24(30)31)25(32)16-11-17(27)13-18(12-16)28-26(33)34-15-23-21-9-5-3-7-19(21)20-8-4-6-10-22(20)23/h3-13,23H,2,14-15H2,1H3,(H,28,33)(H,30,31). The van der Waals surface area contributed by atoms with Gasteiger partial charge in [0.15, 0.2) is 0 Å². The molecule has 3 aromatic rings. The number of hydrogen-bond acceptors (Lipinski definition) is 4. The molecule has 0 heterocycles. The van der Waals surface area contributed by atoms with Crippen molar-refractivity contribution >= 4 is 39.6 Å². The SMILES string of the molecule is CCN(CC(=O)O)C(=O)c1cc(Br)cc(NC(=O)OCC2c3ccccc3-c3ccccc32)c1. The maximum atomic E-state index is 12.7. The van der Waals surface area contributed by atoms with Gasteiger partial charge in [-0.2, -0.15) is 0 Å². The van der Waals surface area contributed by atoms with Crippen LogP contribution < -0.4 is 5.32 Å². The van der Waals surface area contributed by atoms with Crippen molar-refractivity contribution in [2.75, 3.05) is 25.0 Å². The molecule has 0 fully saturated rings. The van der Waals surface area contributed by atoms with Crippen molar-refractivity contribution in [3.63, 3.8) is 0 Å². The topological polar surface area (TPSA) is 95.9 Å². The molecule has 1 aliphatic rings. The lowest BCUT2D eigenvalue weighted by Gasteiger charge is -2.19. The molecule has 2 amide bonds. The summed E-state index contributed by atoms with van der Waals surface area (Å²) >= 11 is 3.34. The summed E-state index contributed by atoms with van der Waals surface area (Å²) in [6.07, 6.45) is -0.642. The second-order valence-electron chi connectivity index (χ2n) is 7.89. The van der Waals surface area contributed by atoms with Crippen molar-refractivity contribution in [1.29, 1.82) is 0 Å². The van der Waals surface area contributed by atoms with Crippen molar-refractivity contribution in [3.8, 4) is 11.1 Å². The number of carboxylic acids is 1. The van der Waals surface area contributed by atoms with Gasteiger partial charge in [-0.3, -0.25) is 14.9 Å². The highest BCUT2D eigenvalue weighted by Crippen LogP contribution is 2.44. The number of amides is 2. The summed E-state index contributed by atoms with van der Waals surface area (Å²) in [4.78, 5) is 37.6. The molecule has 0 aromatic heterocycles. The first kappa shape index (κ1) is 23.5. The number of carbonyl (C=O) groups is 3. The van der Waals surface area contributed by atoms with Crippen molar-refractivity contribution < 1.29 is 24.2 Å². The Hall–Kier alpha value is -3.65. The third-order valence-corrected chi connectivity index (χ3v) is 6.19. The second kappa shape index (κ2) is 10.1. The summed E-state index contributed by atoms with van der Waals surface area (Å²) in [5.41, 5.74) is 5.13. The molecule has 0 saturated heterocycles. The van der Waals surface area contributed by atoms with Crippen LogP contribution in [0.5, 0.6) is 0 Å². The quantitative estimate of drug-likeness (QED) is 0.435. The zero-order chi connectivity index (χ0) is 24.2. The van der Waals surface area contributed by atoms with Crippen LogP contribution in [0.15, 0.2) is 71.2 Å². The first-order chi connectivity index (χ1) is 16.4. The molecule has 1 aliphatic carbocycles. The molecule has 0 atom stereocenters. The maximum absolute atomic E-state index is 12.7. The number of nitrogens with one attached hydrogen (secondary N) is 1. The Morgan fingerprint density at radius 2 is 1.62 bits per heavy atom. The van der Waals surface area contributed by atoms with Crippen LogP contribution in [0.2, 0.25) is 0 Å². The number of fused-ring (bicyclic) bond motifs is 3. The molecule has 3 aromatic carbocycles. The van der Waals surface area contributed by atoms with E-state index < -0.39 is 24.5 Å². The number of carbonyl (C=O) groups excluding carboxylic acids is 2. The summed E-state index contributed by atoms with van der Waals surface area (Å²) in [6, 6.07) is 20.9. The van der Waals surface area contributed by atoms with E-state index in [1.54, 1.807) is 19.1 Å². The van der Waals surface area contributed by atoms with Gasteiger partial charge >= 0.3 is 12.1 Å². The van der Waals surface area contributed by atoms with Gasteiger partial charge in [0.05, 0.1) is 0 Å². The van der Waals surface area contributed by atoms with Crippen LogP contribution in [-0.4, -0.2) is 47.7 Å². The minimum atomic E-state index is -1.10. The van der Waals surface area contributed by atoms with Crippen LogP contribution in [0.1, 0.15) is 34.3 Å². The summed E-state index contributed by atoms with van der Waals surface area (Å²) in [7, 11) is 0. The van der Waals surface area contributed by atoms with Crippen LogP contribution in [0.25, 0.3) is 11.1 Å². The van der Waals surface area contributed by atoms with Gasteiger partial charge in [0.2, 0.25) is 0 Å². The van der Waals surface area contributed by atoms with E-state index in [2.05, 4.69) is 33.4 Å². The zero-order valence-electron chi connectivity index (χ0n) is 18.5. The Labute approximate surface area is 205 Å². The normalized spacial score (nSPS) is 11.9. The lowest BCUT2D eigenvalue weighted by atomic mass is 9.98. The Balaban J connectivity index is 1.46. The number of likely N-dealkylation sites (N-methyl/N-ethyl adjacent to an activating group) is 1. The van der Waals surface area contributed by atoms with Gasteiger partial charge in [-0.05, 0) is 47.4 Å². The lowest BCUT2D eigenvalue weighted by Crippen LogP contribution is -2.35. The van der Waals surface area contributed by atoms with E-state index in [1.807, 2.05) is 36.4 Å². The fourth-order valence-electron chi connectivity index (χ4n) is 4.21. The summed E-state index contributed by atoms with van der Waals surface area (Å²) < 4.78 is 6.13. The van der Waals surface area contributed by atoms with Gasteiger partial charge in [-0.15, -0.1) is 0 Å². The number of carboxylic acid groups (broad SMARTS) is 1. The molecular formula is C26H23BrN2O5. The summed E-state index contributed by atoms with van der Waals surface area (Å²) in [6.45, 7) is 1.71. The molecule has 0 bridgehead atoms. The van der Waals surface area contributed by atoms with Crippen LogP contribution in [0.4, 0.5) is 10.5 Å². The molecule has 0 radical (unpaired) electrons. The highest BCUT2D eigenvalue weighted by Gasteiger charge is 2.29.